The fourth-order valence-corrected chi connectivity index (χ4v) is 5.64. The Morgan fingerprint density at radius 3 is 2.70 bits per heavy atom. The van der Waals surface area contributed by atoms with E-state index in [1.54, 1.807) is 32.2 Å². The van der Waals surface area contributed by atoms with E-state index < -0.39 is 21.5 Å². The van der Waals surface area contributed by atoms with Gasteiger partial charge in [0.1, 0.15) is 17.3 Å². The Labute approximate surface area is 196 Å². The molecule has 0 saturated carbocycles. The molecule has 1 fully saturated rings. The van der Waals surface area contributed by atoms with Crippen molar-refractivity contribution in [2.75, 3.05) is 26.0 Å². The first-order chi connectivity index (χ1) is 15.7. The number of sulfone groups is 1. The first-order valence-electron chi connectivity index (χ1n) is 11.5. The van der Waals surface area contributed by atoms with Crippen LogP contribution >= 0.6 is 0 Å². The SMILES string of the molecule is COc1cccc(-c2nc(CS(=O)(=O)CC(=O)NCCCN3[C@@H](C)CCC[C@@H]3C)c(C)o2)c1. The van der Waals surface area contributed by atoms with Crippen molar-refractivity contribution in [3.63, 3.8) is 0 Å². The number of nitrogens with zero attached hydrogens (tertiary/aromatic N) is 2. The number of hydrogen-bond donors (Lipinski definition) is 1. The molecule has 0 radical (unpaired) electrons. The van der Waals surface area contributed by atoms with Gasteiger partial charge in [-0.15, -0.1) is 0 Å². The highest BCUT2D eigenvalue weighted by Gasteiger charge is 2.25. The molecule has 1 aromatic heterocycles. The molecule has 8 nitrogen and oxygen atoms in total. The topological polar surface area (TPSA) is 102 Å². The zero-order valence-corrected chi connectivity index (χ0v) is 20.8. The molecule has 2 aromatic rings. The minimum atomic E-state index is -3.68. The minimum Gasteiger partial charge on any atom is -0.497 e. The van der Waals surface area contributed by atoms with E-state index in [1.165, 1.54) is 19.3 Å². The normalized spacial score (nSPS) is 19.4. The Hall–Kier alpha value is -2.39. The molecule has 1 amide bonds. The van der Waals surface area contributed by atoms with E-state index in [9.17, 15) is 13.2 Å². The second-order valence-corrected chi connectivity index (χ2v) is 10.9. The lowest BCUT2D eigenvalue weighted by Gasteiger charge is -2.39. The molecule has 1 aliphatic heterocycles. The van der Waals surface area contributed by atoms with E-state index >= 15 is 0 Å². The van der Waals surface area contributed by atoms with Crippen LogP contribution in [0, 0.1) is 6.92 Å². The van der Waals surface area contributed by atoms with Crippen LogP contribution in [0.5, 0.6) is 5.75 Å². The van der Waals surface area contributed by atoms with Crippen LogP contribution in [0.3, 0.4) is 0 Å². The van der Waals surface area contributed by atoms with Gasteiger partial charge in [-0.25, -0.2) is 13.4 Å². The minimum absolute atomic E-state index is 0.314. The van der Waals surface area contributed by atoms with Gasteiger partial charge >= 0.3 is 0 Å². The van der Waals surface area contributed by atoms with Crippen molar-refractivity contribution in [3.8, 4) is 17.2 Å². The average molecular weight is 478 g/mol. The lowest BCUT2D eigenvalue weighted by molar-refractivity contribution is -0.118. The summed E-state index contributed by atoms with van der Waals surface area (Å²) in [5.41, 5.74) is 1.00. The van der Waals surface area contributed by atoms with Gasteiger partial charge in [-0.1, -0.05) is 12.5 Å². The molecular weight excluding hydrogens is 442 g/mol. The summed E-state index contributed by atoms with van der Waals surface area (Å²) in [6.07, 6.45) is 4.47. The first kappa shape index (κ1) is 25.2. The molecule has 3 rings (SSSR count). The van der Waals surface area contributed by atoms with E-state index in [-0.39, 0.29) is 5.75 Å². The van der Waals surface area contributed by atoms with Gasteiger partial charge in [0.15, 0.2) is 9.84 Å². The van der Waals surface area contributed by atoms with Gasteiger partial charge in [-0.05, 0) is 58.2 Å². The Morgan fingerprint density at radius 2 is 2.00 bits per heavy atom. The molecule has 0 bridgehead atoms. The van der Waals surface area contributed by atoms with Crippen LogP contribution in [0.4, 0.5) is 0 Å². The third-order valence-electron chi connectivity index (χ3n) is 6.21. The predicted octanol–water partition coefficient (Wildman–Crippen LogP) is 3.34. The number of hydrogen-bond acceptors (Lipinski definition) is 7. The molecule has 182 valence electrons. The van der Waals surface area contributed by atoms with Crippen LogP contribution in [-0.2, 0) is 20.4 Å². The maximum absolute atomic E-state index is 12.6. The Kier molecular flexibility index (Phi) is 8.53. The molecule has 1 saturated heterocycles. The lowest BCUT2D eigenvalue weighted by Crippen LogP contribution is -2.45. The van der Waals surface area contributed by atoms with Crippen molar-refractivity contribution >= 4 is 15.7 Å². The standard InChI is InChI=1S/C24H35N3O5S/c1-17-8-5-9-18(2)27(17)13-7-12-25-23(28)16-33(29,30)15-22-19(3)32-24(26-22)20-10-6-11-21(14-20)31-4/h6,10-11,14,17-18H,5,7-9,12-13,15-16H2,1-4H3,(H,25,28)/t17-,18-/m0/s1. The molecule has 1 aliphatic rings. The number of carbonyl (C=O) groups excluding carboxylic acids is 1. The summed E-state index contributed by atoms with van der Waals surface area (Å²) in [4.78, 5) is 19.1. The molecule has 0 unspecified atom stereocenters. The zero-order valence-electron chi connectivity index (χ0n) is 20.0. The van der Waals surface area contributed by atoms with Gasteiger partial charge in [0.25, 0.3) is 0 Å². The summed E-state index contributed by atoms with van der Waals surface area (Å²) in [5.74, 6) is -0.00145. The summed E-state index contributed by atoms with van der Waals surface area (Å²) in [7, 11) is -2.12. The summed E-state index contributed by atoms with van der Waals surface area (Å²) >= 11 is 0. The largest absolute Gasteiger partial charge is 0.497 e. The zero-order chi connectivity index (χ0) is 24.0. The van der Waals surface area contributed by atoms with Crippen molar-refractivity contribution in [1.29, 1.82) is 0 Å². The molecule has 1 N–H and O–H groups in total. The van der Waals surface area contributed by atoms with Gasteiger partial charge in [0.2, 0.25) is 11.8 Å². The summed E-state index contributed by atoms with van der Waals surface area (Å²) in [6.45, 7) is 7.52. The first-order valence-corrected chi connectivity index (χ1v) is 13.3. The van der Waals surface area contributed by atoms with Crippen molar-refractivity contribution in [1.82, 2.24) is 15.2 Å². The van der Waals surface area contributed by atoms with Crippen LogP contribution in [0.2, 0.25) is 0 Å². The van der Waals surface area contributed by atoms with Crippen molar-refractivity contribution in [3.05, 3.63) is 35.7 Å². The van der Waals surface area contributed by atoms with Gasteiger partial charge in [0.05, 0.1) is 18.6 Å². The maximum Gasteiger partial charge on any atom is 0.235 e. The molecule has 1 aromatic carbocycles. The molecular formula is C24H35N3O5S. The van der Waals surface area contributed by atoms with Gasteiger partial charge in [-0.2, -0.15) is 0 Å². The van der Waals surface area contributed by atoms with E-state index in [0.29, 0.717) is 47.3 Å². The third-order valence-corrected chi connectivity index (χ3v) is 7.62. The van der Waals surface area contributed by atoms with Crippen molar-refractivity contribution < 1.29 is 22.4 Å². The number of benzene rings is 1. The second kappa shape index (κ2) is 11.2. The Bertz CT molecular complexity index is 1040. The van der Waals surface area contributed by atoms with Crippen molar-refractivity contribution in [2.45, 2.75) is 64.3 Å². The second-order valence-electron chi connectivity index (χ2n) is 8.86. The fraction of sp³-hybridized carbons (Fsp3) is 0.583. The van der Waals surface area contributed by atoms with Crippen LogP contribution in [-0.4, -0.2) is 62.2 Å². The number of piperidine rings is 1. The van der Waals surface area contributed by atoms with Gasteiger partial charge < -0.3 is 14.5 Å². The Morgan fingerprint density at radius 1 is 1.27 bits per heavy atom. The molecule has 33 heavy (non-hydrogen) atoms. The molecule has 9 heteroatoms. The Balaban J connectivity index is 1.50. The van der Waals surface area contributed by atoms with Crippen molar-refractivity contribution in [2.24, 2.45) is 0 Å². The maximum atomic E-state index is 12.6. The summed E-state index contributed by atoms with van der Waals surface area (Å²) in [5, 5.41) is 2.75. The number of methoxy groups -OCH3 is 1. The van der Waals surface area contributed by atoms with Crippen LogP contribution in [0.25, 0.3) is 11.5 Å². The number of aromatic nitrogens is 1. The molecule has 2 atom stereocenters. The van der Waals surface area contributed by atoms with Crippen LogP contribution in [0.1, 0.15) is 51.0 Å². The van der Waals surface area contributed by atoms with Gasteiger partial charge in [-0.3, -0.25) is 9.69 Å². The predicted molar refractivity (Wildman–Crippen MR) is 128 cm³/mol. The highest BCUT2D eigenvalue weighted by Crippen LogP contribution is 2.26. The number of nitrogens with one attached hydrogen (secondary N) is 1. The van der Waals surface area contributed by atoms with Crippen LogP contribution < -0.4 is 10.1 Å². The van der Waals surface area contributed by atoms with E-state index in [1.807, 2.05) is 6.07 Å². The van der Waals surface area contributed by atoms with Gasteiger partial charge in [0, 0.05) is 30.7 Å². The quantitative estimate of drug-likeness (QED) is 0.524. The van der Waals surface area contributed by atoms with E-state index in [4.69, 9.17) is 9.15 Å². The summed E-state index contributed by atoms with van der Waals surface area (Å²) in [6, 6.07) is 8.29. The van der Waals surface area contributed by atoms with E-state index in [2.05, 4.69) is 29.0 Å². The number of amides is 1. The number of rotatable bonds is 10. The third kappa shape index (κ3) is 7.04. The number of aryl methyl sites for hydroxylation is 1. The fourth-order valence-electron chi connectivity index (χ4n) is 4.36. The van der Waals surface area contributed by atoms with Crippen LogP contribution in [0.15, 0.2) is 28.7 Å². The number of oxazole rings is 1. The lowest BCUT2D eigenvalue weighted by atomic mass is 9.97. The number of carbonyl (C=O) groups is 1. The smallest absolute Gasteiger partial charge is 0.235 e. The summed E-state index contributed by atoms with van der Waals surface area (Å²) < 4.78 is 36.1. The monoisotopic (exact) mass is 477 g/mol. The number of likely N-dealkylation sites (tertiary alicyclic amines) is 1. The number of ether oxygens (including phenoxy) is 1. The highest BCUT2D eigenvalue weighted by molar-refractivity contribution is 7.91. The molecule has 0 spiro atoms. The molecule has 0 aliphatic carbocycles. The van der Waals surface area contributed by atoms with E-state index in [0.717, 1.165) is 13.0 Å². The average Bonchev–Trinajstić information content (AvgIpc) is 3.12. The molecule has 2 heterocycles. The highest BCUT2D eigenvalue weighted by atomic mass is 32.2.